The van der Waals surface area contributed by atoms with Gasteiger partial charge in [0.1, 0.15) is 6.10 Å². The van der Waals surface area contributed by atoms with E-state index in [-0.39, 0.29) is 5.91 Å². The van der Waals surface area contributed by atoms with E-state index in [1.54, 1.807) is 24.3 Å². The number of amides is 1. The minimum atomic E-state index is -0.918. The lowest BCUT2D eigenvalue weighted by Gasteiger charge is -2.23. The van der Waals surface area contributed by atoms with E-state index in [2.05, 4.69) is 5.32 Å². The van der Waals surface area contributed by atoms with E-state index in [0.29, 0.717) is 23.0 Å². The quantitative estimate of drug-likeness (QED) is 0.886. The molecule has 1 amide bonds. The van der Waals surface area contributed by atoms with Crippen LogP contribution in [0.25, 0.3) is 0 Å². The highest BCUT2D eigenvalue weighted by Crippen LogP contribution is 2.27. The Kier molecular flexibility index (Phi) is 5.23. The first-order valence-corrected chi connectivity index (χ1v) is 7.27. The molecule has 0 aromatic heterocycles. The molecule has 1 aliphatic carbocycles. The first-order chi connectivity index (χ1) is 9.15. The molecule has 1 aliphatic rings. The van der Waals surface area contributed by atoms with Crippen molar-refractivity contribution in [3.63, 3.8) is 0 Å². The molecule has 0 spiro atoms. The van der Waals surface area contributed by atoms with E-state index < -0.39 is 6.10 Å². The molecule has 0 radical (unpaired) electrons. The number of halogens is 1. The lowest BCUT2D eigenvalue weighted by Crippen LogP contribution is -2.30. The number of hydrogen-bond donors (Lipinski definition) is 2. The van der Waals surface area contributed by atoms with E-state index in [0.717, 1.165) is 12.8 Å². The lowest BCUT2D eigenvalue weighted by molar-refractivity contribution is -0.125. The van der Waals surface area contributed by atoms with Crippen molar-refractivity contribution in [1.29, 1.82) is 0 Å². The predicted octanol–water partition coefficient (Wildman–Crippen LogP) is 3.61. The predicted molar refractivity (Wildman–Crippen MR) is 77.3 cm³/mol. The average Bonchev–Trinajstić information content (AvgIpc) is 2.42. The Morgan fingerprint density at radius 3 is 2.53 bits per heavy atom. The van der Waals surface area contributed by atoms with Crippen molar-refractivity contribution in [2.45, 2.75) is 44.6 Å². The SMILES string of the molecule is O=C(Nc1ccc(Cl)cc1)C(O)CC1CCCCC1. The monoisotopic (exact) mass is 281 g/mol. The zero-order chi connectivity index (χ0) is 13.7. The molecule has 0 heterocycles. The molecular formula is C15H20ClNO2. The number of rotatable bonds is 4. The third-order valence-corrected chi connectivity index (χ3v) is 3.95. The van der Waals surface area contributed by atoms with E-state index in [9.17, 15) is 9.90 Å². The molecule has 0 saturated heterocycles. The van der Waals surface area contributed by atoms with E-state index in [1.165, 1.54) is 19.3 Å². The van der Waals surface area contributed by atoms with Crippen LogP contribution < -0.4 is 5.32 Å². The van der Waals surface area contributed by atoms with Gasteiger partial charge < -0.3 is 10.4 Å². The van der Waals surface area contributed by atoms with Crippen molar-refractivity contribution in [2.24, 2.45) is 5.92 Å². The number of carbonyl (C=O) groups is 1. The molecule has 1 saturated carbocycles. The zero-order valence-electron chi connectivity index (χ0n) is 10.9. The number of hydrogen-bond acceptors (Lipinski definition) is 2. The standard InChI is InChI=1S/C15H20ClNO2/c16-12-6-8-13(9-7-12)17-15(19)14(18)10-11-4-2-1-3-5-11/h6-9,11,14,18H,1-5,10H2,(H,17,19). The van der Waals surface area contributed by atoms with Crippen molar-refractivity contribution < 1.29 is 9.90 Å². The van der Waals surface area contributed by atoms with Crippen molar-refractivity contribution in [1.82, 2.24) is 0 Å². The summed E-state index contributed by atoms with van der Waals surface area (Å²) in [6, 6.07) is 6.89. The van der Waals surface area contributed by atoms with Crippen molar-refractivity contribution in [2.75, 3.05) is 5.32 Å². The molecule has 2 N–H and O–H groups in total. The summed E-state index contributed by atoms with van der Waals surface area (Å²) in [6.07, 6.45) is 5.63. The Morgan fingerprint density at radius 1 is 1.26 bits per heavy atom. The van der Waals surface area contributed by atoms with Gasteiger partial charge in [-0.25, -0.2) is 0 Å². The highest BCUT2D eigenvalue weighted by atomic mass is 35.5. The molecule has 0 aliphatic heterocycles. The largest absolute Gasteiger partial charge is 0.383 e. The summed E-state index contributed by atoms with van der Waals surface area (Å²) < 4.78 is 0. The molecule has 1 fully saturated rings. The van der Waals surface area contributed by atoms with Gasteiger partial charge in [-0.05, 0) is 36.6 Å². The Labute approximate surface area is 119 Å². The normalized spacial score (nSPS) is 18.0. The Balaban J connectivity index is 1.83. The van der Waals surface area contributed by atoms with Crippen molar-refractivity contribution >= 4 is 23.2 Å². The van der Waals surface area contributed by atoms with Crippen LogP contribution in [0.5, 0.6) is 0 Å². The van der Waals surface area contributed by atoms with Crippen LogP contribution in [0.15, 0.2) is 24.3 Å². The van der Waals surface area contributed by atoms with Crippen LogP contribution >= 0.6 is 11.6 Å². The fourth-order valence-corrected chi connectivity index (χ4v) is 2.73. The minimum Gasteiger partial charge on any atom is -0.383 e. The fourth-order valence-electron chi connectivity index (χ4n) is 2.60. The number of aliphatic hydroxyl groups excluding tert-OH is 1. The van der Waals surface area contributed by atoms with Crippen LogP contribution in [0.3, 0.4) is 0 Å². The van der Waals surface area contributed by atoms with Crippen LogP contribution in [0.2, 0.25) is 5.02 Å². The number of anilines is 1. The number of benzene rings is 1. The molecule has 1 atom stereocenters. The lowest BCUT2D eigenvalue weighted by atomic mass is 9.85. The Morgan fingerprint density at radius 2 is 1.89 bits per heavy atom. The number of carbonyl (C=O) groups excluding carboxylic acids is 1. The van der Waals surface area contributed by atoms with E-state index >= 15 is 0 Å². The maximum Gasteiger partial charge on any atom is 0.253 e. The summed E-state index contributed by atoms with van der Waals surface area (Å²) in [5.74, 6) is 0.160. The highest BCUT2D eigenvalue weighted by Gasteiger charge is 2.22. The summed E-state index contributed by atoms with van der Waals surface area (Å²) in [5.41, 5.74) is 0.664. The van der Waals surface area contributed by atoms with Gasteiger partial charge in [0.25, 0.3) is 5.91 Å². The zero-order valence-corrected chi connectivity index (χ0v) is 11.7. The van der Waals surface area contributed by atoms with Crippen LogP contribution in [0.1, 0.15) is 38.5 Å². The molecule has 104 valence electrons. The van der Waals surface area contributed by atoms with Gasteiger partial charge in [0.05, 0.1) is 0 Å². The maximum absolute atomic E-state index is 11.9. The molecule has 3 nitrogen and oxygen atoms in total. The average molecular weight is 282 g/mol. The summed E-state index contributed by atoms with van der Waals surface area (Å²) in [6.45, 7) is 0. The Hall–Kier alpha value is -1.06. The summed E-state index contributed by atoms with van der Waals surface area (Å²) in [5, 5.41) is 13.3. The minimum absolute atomic E-state index is 0.326. The van der Waals surface area contributed by atoms with Gasteiger partial charge in [-0.2, -0.15) is 0 Å². The van der Waals surface area contributed by atoms with Gasteiger partial charge in [-0.3, -0.25) is 4.79 Å². The summed E-state index contributed by atoms with van der Waals surface area (Å²) in [4.78, 5) is 11.9. The third-order valence-electron chi connectivity index (χ3n) is 3.70. The van der Waals surface area contributed by atoms with Gasteiger partial charge in [0.2, 0.25) is 0 Å². The van der Waals surface area contributed by atoms with Gasteiger partial charge in [-0.15, -0.1) is 0 Å². The molecule has 4 heteroatoms. The molecule has 19 heavy (non-hydrogen) atoms. The second-order valence-corrected chi connectivity index (χ2v) is 5.69. The number of aliphatic hydroxyl groups is 1. The van der Waals surface area contributed by atoms with Gasteiger partial charge >= 0.3 is 0 Å². The Bertz CT molecular complexity index is 413. The first kappa shape index (κ1) is 14.4. The maximum atomic E-state index is 11.9. The second kappa shape index (κ2) is 6.92. The smallest absolute Gasteiger partial charge is 0.253 e. The van der Waals surface area contributed by atoms with Gasteiger partial charge in [0.15, 0.2) is 0 Å². The van der Waals surface area contributed by atoms with E-state index in [1.807, 2.05) is 0 Å². The number of nitrogens with one attached hydrogen (secondary N) is 1. The molecule has 2 rings (SSSR count). The van der Waals surface area contributed by atoms with Crippen molar-refractivity contribution in [3.8, 4) is 0 Å². The van der Waals surface area contributed by atoms with Gasteiger partial charge in [-0.1, -0.05) is 43.7 Å². The van der Waals surface area contributed by atoms with Crippen LogP contribution in [-0.2, 0) is 4.79 Å². The van der Waals surface area contributed by atoms with Crippen LogP contribution in [-0.4, -0.2) is 17.1 Å². The molecular weight excluding hydrogens is 262 g/mol. The van der Waals surface area contributed by atoms with Gasteiger partial charge in [0, 0.05) is 10.7 Å². The van der Waals surface area contributed by atoms with Crippen LogP contribution in [0, 0.1) is 5.92 Å². The third kappa shape index (κ3) is 4.51. The molecule has 1 aromatic carbocycles. The molecule has 1 unspecified atom stereocenters. The summed E-state index contributed by atoms with van der Waals surface area (Å²) in [7, 11) is 0. The first-order valence-electron chi connectivity index (χ1n) is 6.89. The topological polar surface area (TPSA) is 49.3 Å². The van der Waals surface area contributed by atoms with Crippen LogP contribution in [0.4, 0.5) is 5.69 Å². The van der Waals surface area contributed by atoms with Crippen molar-refractivity contribution in [3.05, 3.63) is 29.3 Å². The molecule has 1 aromatic rings. The molecule has 0 bridgehead atoms. The fraction of sp³-hybridized carbons (Fsp3) is 0.533. The van der Waals surface area contributed by atoms with E-state index in [4.69, 9.17) is 11.6 Å². The second-order valence-electron chi connectivity index (χ2n) is 5.25. The summed E-state index contributed by atoms with van der Waals surface area (Å²) >= 11 is 5.78. The highest BCUT2D eigenvalue weighted by molar-refractivity contribution is 6.30.